The van der Waals surface area contributed by atoms with E-state index in [1.54, 1.807) is 11.3 Å². The van der Waals surface area contributed by atoms with Gasteiger partial charge in [-0.05, 0) is 80.2 Å². The van der Waals surface area contributed by atoms with Gasteiger partial charge in [0.05, 0.1) is 22.5 Å². The Labute approximate surface area is 230 Å². The van der Waals surface area contributed by atoms with Crippen molar-refractivity contribution in [1.82, 2.24) is 4.98 Å². The van der Waals surface area contributed by atoms with E-state index in [0.717, 1.165) is 35.0 Å². The van der Waals surface area contributed by atoms with Gasteiger partial charge in [-0.3, -0.25) is 0 Å². The second-order valence-electron chi connectivity index (χ2n) is 10.8. The molecular formula is C32H39N3O2S. The van der Waals surface area contributed by atoms with Crippen LogP contribution in [0.3, 0.4) is 0 Å². The highest BCUT2D eigenvalue weighted by molar-refractivity contribution is 7.22. The molecule has 5 nitrogen and oxygen atoms in total. The maximum atomic E-state index is 12.1. The van der Waals surface area contributed by atoms with Crippen molar-refractivity contribution in [3.63, 3.8) is 0 Å². The van der Waals surface area contributed by atoms with Gasteiger partial charge in [0.15, 0.2) is 0 Å². The number of thiazole rings is 1. The molecule has 2 fully saturated rings. The van der Waals surface area contributed by atoms with Gasteiger partial charge < -0.3 is 4.74 Å². The van der Waals surface area contributed by atoms with Crippen LogP contribution in [0.5, 0.6) is 5.75 Å². The first kappa shape index (κ1) is 26.6. The summed E-state index contributed by atoms with van der Waals surface area (Å²) in [6.07, 6.45) is 16.6. The van der Waals surface area contributed by atoms with Crippen molar-refractivity contribution in [3.05, 3.63) is 66.2 Å². The molecule has 0 bridgehead atoms. The molecule has 0 atom stereocenters. The fraction of sp³-hybridized carbons (Fsp3) is 0.469. The molecule has 0 saturated heterocycles. The Morgan fingerprint density at radius 2 is 1.89 bits per heavy atom. The monoisotopic (exact) mass is 529 g/mol. The lowest BCUT2D eigenvalue weighted by Crippen LogP contribution is -2.32. The Kier molecular flexibility index (Phi) is 8.90. The van der Waals surface area contributed by atoms with Crippen molar-refractivity contribution < 1.29 is 9.53 Å². The van der Waals surface area contributed by atoms with Crippen LogP contribution in [0.1, 0.15) is 94.6 Å². The van der Waals surface area contributed by atoms with Crippen molar-refractivity contribution in [2.75, 3.05) is 5.01 Å². The predicted octanol–water partition coefficient (Wildman–Crippen LogP) is 8.63. The smallest absolute Gasteiger partial charge is 0.335 e. The van der Waals surface area contributed by atoms with Crippen molar-refractivity contribution in [2.45, 2.75) is 89.5 Å². The number of nitrogens with zero attached hydrogens (tertiary/aromatic N) is 3. The zero-order valence-electron chi connectivity index (χ0n) is 22.5. The highest BCUT2D eigenvalue weighted by Gasteiger charge is 2.25. The van der Waals surface area contributed by atoms with E-state index in [1.807, 2.05) is 18.3 Å². The number of ether oxygens (including phenoxy) is 1. The molecule has 1 heterocycles. The quantitative estimate of drug-likeness (QED) is 0.0915. The van der Waals surface area contributed by atoms with Gasteiger partial charge >= 0.3 is 5.97 Å². The highest BCUT2D eigenvalue weighted by Crippen LogP contribution is 2.39. The highest BCUT2D eigenvalue weighted by atomic mass is 32.1. The summed E-state index contributed by atoms with van der Waals surface area (Å²) >= 11 is 1.69. The number of carbonyl (C=O) groups is 1. The first-order chi connectivity index (χ1) is 18.6. The van der Waals surface area contributed by atoms with Gasteiger partial charge in [0.2, 0.25) is 5.13 Å². The second kappa shape index (κ2) is 12.7. The van der Waals surface area contributed by atoms with E-state index in [4.69, 9.17) is 14.8 Å². The number of hydrazone groups is 1. The Bertz CT molecular complexity index is 1240. The number of anilines is 1. The summed E-state index contributed by atoms with van der Waals surface area (Å²) in [6, 6.07) is 14.8. The minimum Gasteiger partial charge on any atom is -0.423 e. The molecule has 3 aromatic rings. The standard InChI is InChI=1S/C32H39N3O2S/c1-3-10-23-15-17-24(18-16-23)25-19-20-29(37-31(36)4-2)26(21-25)22-33-35(27-11-6-5-7-12-27)32-34-28-13-8-9-14-30(28)38-32/h4,8-9,13-14,19-24,27H,2-3,5-7,10-12,15-18H2,1H3/b33-22+. The molecule has 0 aliphatic heterocycles. The van der Waals surface area contributed by atoms with Gasteiger partial charge in [-0.15, -0.1) is 0 Å². The summed E-state index contributed by atoms with van der Waals surface area (Å²) in [5, 5.41) is 8.08. The molecule has 5 rings (SSSR count). The van der Waals surface area contributed by atoms with Crippen LogP contribution in [0.4, 0.5) is 5.13 Å². The van der Waals surface area contributed by atoms with E-state index in [2.05, 4.69) is 48.8 Å². The fourth-order valence-corrected chi connectivity index (χ4v) is 7.06. The van der Waals surface area contributed by atoms with Crippen molar-refractivity contribution in [2.24, 2.45) is 11.0 Å². The molecule has 200 valence electrons. The van der Waals surface area contributed by atoms with Gasteiger partial charge in [0, 0.05) is 11.6 Å². The zero-order valence-corrected chi connectivity index (χ0v) is 23.3. The normalized spacial score (nSPS) is 20.6. The van der Waals surface area contributed by atoms with Gasteiger partial charge in [0.1, 0.15) is 5.75 Å². The Morgan fingerprint density at radius 3 is 2.63 bits per heavy atom. The summed E-state index contributed by atoms with van der Waals surface area (Å²) < 4.78 is 6.80. The minimum absolute atomic E-state index is 0.316. The molecule has 38 heavy (non-hydrogen) atoms. The molecule has 2 aromatic carbocycles. The van der Waals surface area contributed by atoms with Crippen LogP contribution in [0.2, 0.25) is 0 Å². The lowest BCUT2D eigenvalue weighted by atomic mass is 9.77. The molecule has 1 aromatic heterocycles. The third-order valence-corrected chi connectivity index (χ3v) is 9.17. The van der Waals surface area contributed by atoms with Crippen LogP contribution in [0.25, 0.3) is 10.2 Å². The number of hydrogen-bond donors (Lipinski definition) is 0. The molecule has 2 aliphatic rings. The third kappa shape index (κ3) is 6.35. The first-order valence-corrected chi connectivity index (χ1v) is 15.1. The van der Waals surface area contributed by atoms with Gasteiger partial charge in [-0.2, -0.15) is 5.10 Å². The van der Waals surface area contributed by atoms with E-state index in [-0.39, 0.29) is 0 Å². The molecule has 2 saturated carbocycles. The topological polar surface area (TPSA) is 54.8 Å². The van der Waals surface area contributed by atoms with E-state index in [9.17, 15) is 4.79 Å². The average molecular weight is 530 g/mol. The first-order valence-electron chi connectivity index (χ1n) is 14.3. The Balaban J connectivity index is 1.45. The number of carbonyl (C=O) groups excluding carboxylic acids is 1. The van der Waals surface area contributed by atoms with Gasteiger partial charge in [-0.25, -0.2) is 14.8 Å². The molecule has 0 radical (unpaired) electrons. The maximum Gasteiger partial charge on any atom is 0.335 e. The molecule has 2 aliphatic carbocycles. The second-order valence-corrected chi connectivity index (χ2v) is 11.8. The number of fused-ring (bicyclic) bond motifs is 1. The molecule has 0 unspecified atom stereocenters. The number of aromatic nitrogens is 1. The number of benzene rings is 2. The van der Waals surface area contributed by atoms with Crippen molar-refractivity contribution in [1.29, 1.82) is 0 Å². The lowest BCUT2D eigenvalue weighted by Gasteiger charge is -2.30. The summed E-state index contributed by atoms with van der Waals surface area (Å²) in [5.74, 6) is 1.47. The summed E-state index contributed by atoms with van der Waals surface area (Å²) in [6.45, 7) is 5.86. The third-order valence-electron chi connectivity index (χ3n) is 8.15. The van der Waals surface area contributed by atoms with E-state index >= 15 is 0 Å². The summed E-state index contributed by atoms with van der Waals surface area (Å²) in [5.41, 5.74) is 3.14. The van der Waals surface area contributed by atoms with E-state index < -0.39 is 5.97 Å². The average Bonchev–Trinajstić information content (AvgIpc) is 3.39. The van der Waals surface area contributed by atoms with Gasteiger partial charge in [-0.1, -0.05) is 75.1 Å². The van der Waals surface area contributed by atoms with Crippen LogP contribution in [-0.4, -0.2) is 23.2 Å². The number of hydrogen-bond acceptors (Lipinski definition) is 6. The van der Waals surface area contributed by atoms with Crippen molar-refractivity contribution in [3.8, 4) is 5.75 Å². The van der Waals surface area contributed by atoms with Gasteiger partial charge in [0.25, 0.3) is 0 Å². The molecule has 0 N–H and O–H groups in total. The zero-order chi connectivity index (χ0) is 26.3. The number of esters is 1. The van der Waals surface area contributed by atoms with E-state index in [0.29, 0.717) is 17.7 Å². The lowest BCUT2D eigenvalue weighted by molar-refractivity contribution is -0.128. The Hall–Kier alpha value is -2.99. The van der Waals surface area contributed by atoms with Crippen LogP contribution < -0.4 is 9.75 Å². The number of para-hydroxylation sites is 1. The number of rotatable bonds is 9. The van der Waals surface area contributed by atoms with E-state index in [1.165, 1.54) is 74.1 Å². The van der Waals surface area contributed by atoms with Crippen LogP contribution in [0, 0.1) is 5.92 Å². The Morgan fingerprint density at radius 1 is 1.11 bits per heavy atom. The molecule has 0 amide bonds. The minimum atomic E-state index is -0.456. The molecule has 6 heteroatoms. The molecular weight excluding hydrogens is 490 g/mol. The van der Waals surface area contributed by atoms with Crippen LogP contribution >= 0.6 is 11.3 Å². The predicted molar refractivity (Wildman–Crippen MR) is 158 cm³/mol. The largest absolute Gasteiger partial charge is 0.423 e. The summed E-state index contributed by atoms with van der Waals surface area (Å²) in [7, 11) is 0. The SMILES string of the molecule is C=CC(=O)Oc1ccc(C2CCC(CCC)CC2)cc1/C=N/N(c1nc2ccccc2s1)C1CCCCC1. The maximum absolute atomic E-state index is 12.1. The van der Waals surface area contributed by atoms with Crippen LogP contribution in [-0.2, 0) is 4.79 Å². The summed E-state index contributed by atoms with van der Waals surface area (Å²) in [4.78, 5) is 17.1. The molecule has 0 spiro atoms. The van der Waals surface area contributed by atoms with Crippen LogP contribution in [0.15, 0.2) is 60.2 Å². The fourth-order valence-electron chi connectivity index (χ4n) is 6.07. The van der Waals surface area contributed by atoms with Crippen molar-refractivity contribution >= 4 is 38.9 Å².